The number of rotatable bonds is 6. The van der Waals surface area contributed by atoms with Crippen LogP contribution in [0.3, 0.4) is 0 Å². The Balaban J connectivity index is -0.000000656. The third-order valence-electron chi connectivity index (χ3n) is 2.40. The molecule has 0 aromatic heterocycles. The molecule has 20 heavy (non-hydrogen) atoms. The van der Waals surface area contributed by atoms with Gasteiger partial charge in [0.2, 0.25) is 0 Å². The van der Waals surface area contributed by atoms with E-state index in [1.165, 1.54) is 11.1 Å². The Hall–Kier alpha value is -1.56. The van der Waals surface area contributed by atoms with E-state index in [9.17, 15) is 0 Å². The molecule has 0 spiro atoms. The first-order valence-electron chi connectivity index (χ1n) is 7.68. The molecule has 0 rings (SSSR count). The van der Waals surface area contributed by atoms with Gasteiger partial charge in [-0.15, -0.1) is 0 Å². The van der Waals surface area contributed by atoms with Gasteiger partial charge in [-0.1, -0.05) is 95.9 Å². The van der Waals surface area contributed by atoms with Crippen molar-refractivity contribution in [1.29, 1.82) is 0 Å². The van der Waals surface area contributed by atoms with Crippen LogP contribution in [0.25, 0.3) is 0 Å². The van der Waals surface area contributed by atoms with Gasteiger partial charge in [0.25, 0.3) is 0 Å². The predicted octanol–water partition coefficient (Wildman–Crippen LogP) is 7.20. The first-order valence-corrected chi connectivity index (χ1v) is 7.68. The number of hydrogen-bond acceptors (Lipinski definition) is 0. The smallest absolute Gasteiger partial charge is 0.0185 e. The molecule has 0 nitrogen and oxygen atoms in total. The summed E-state index contributed by atoms with van der Waals surface area (Å²) in [6.45, 7) is 21.8. The largest absolute Gasteiger partial charge is 0.0991 e. The third-order valence-corrected chi connectivity index (χ3v) is 2.40. The average molecular weight is 274 g/mol. The summed E-state index contributed by atoms with van der Waals surface area (Å²) in [5, 5.41) is 0. The van der Waals surface area contributed by atoms with Gasteiger partial charge in [-0.2, -0.15) is 0 Å². The van der Waals surface area contributed by atoms with E-state index in [0.717, 1.165) is 12.0 Å². The summed E-state index contributed by atoms with van der Waals surface area (Å²) in [4.78, 5) is 0. The topological polar surface area (TPSA) is 0 Å². The van der Waals surface area contributed by atoms with Crippen molar-refractivity contribution >= 4 is 0 Å². The third kappa shape index (κ3) is 11.5. The highest BCUT2D eigenvalue weighted by Gasteiger charge is 1.97. The van der Waals surface area contributed by atoms with Crippen molar-refractivity contribution in [1.82, 2.24) is 0 Å². The summed E-state index contributed by atoms with van der Waals surface area (Å²) in [5.74, 6) is 0. The fourth-order valence-electron chi connectivity index (χ4n) is 1.39. The van der Waals surface area contributed by atoms with Crippen molar-refractivity contribution < 1.29 is 0 Å². The zero-order valence-electron chi connectivity index (χ0n) is 14.7. The zero-order chi connectivity index (χ0) is 16.4. The van der Waals surface area contributed by atoms with E-state index in [0.29, 0.717) is 0 Å². The van der Waals surface area contributed by atoms with E-state index < -0.39 is 0 Å². The molecule has 0 heteroatoms. The summed E-state index contributed by atoms with van der Waals surface area (Å²) in [6, 6.07) is 0. The maximum absolute atomic E-state index is 3.83. The molecule has 0 aliphatic rings. The van der Waals surface area contributed by atoms with Gasteiger partial charge in [0.15, 0.2) is 0 Å². The molecule has 0 atom stereocenters. The molecule has 0 aromatic rings. The molecule has 0 radical (unpaired) electrons. The Bertz CT molecular complexity index is 346. The lowest BCUT2D eigenvalue weighted by atomic mass is 10.0. The standard InChI is InChI=1S/C16H22.2C2H6/c1-6-11-12-16(15(9-4)10-5)13-14(7-2)8-3;2*1-2/h6-7,9-13H,1,4,8H2,2-3,5H3;2*1-2H3/b12-11-,14-7-,15-10-,16-13-;;. The molecule has 0 aliphatic carbocycles. The summed E-state index contributed by atoms with van der Waals surface area (Å²) in [5.41, 5.74) is 3.64. The van der Waals surface area contributed by atoms with E-state index in [1.807, 2.05) is 46.8 Å². The van der Waals surface area contributed by atoms with Gasteiger partial charge in [-0.25, -0.2) is 0 Å². The van der Waals surface area contributed by atoms with Crippen LogP contribution in [0, 0.1) is 0 Å². The molecular formula is C20H34. The lowest BCUT2D eigenvalue weighted by Crippen LogP contribution is -1.85. The molecule has 0 amide bonds. The quantitative estimate of drug-likeness (QED) is 0.449. The Kier molecular flexibility index (Phi) is 23.3. The van der Waals surface area contributed by atoms with Crippen molar-refractivity contribution in [2.75, 3.05) is 0 Å². The maximum Gasteiger partial charge on any atom is -0.0185 e. The highest BCUT2D eigenvalue weighted by Crippen LogP contribution is 2.17. The van der Waals surface area contributed by atoms with Crippen LogP contribution in [0.4, 0.5) is 0 Å². The normalized spacial score (nSPS) is 12.1. The number of hydrogen-bond donors (Lipinski definition) is 0. The molecule has 0 unspecified atom stereocenters. The summed E-state index contributed by atoms with van der Waals surface area (Å²) in [6.07, 6.45) is 15.1. The van der Waals surface area contributed by atoms with Crippen LogP contribution in [-0.4, -0.2) is 0 Å². The molecular weight excluding hydrogens is 240 g/mol. The molecule has 0 saturated carbocycles. The summed E-state index contributed by atoms with van der Waals surface area (Å²) < 4.78 is 0. The molecule has 0 aliphatic heterocycles. The van der Waals surface area contributed by atoms with E-state index in [2.05, 4.69) is 51.3 Å². The van der Waals surface area contributed by atoms with Crippen LogP contribution in [0.2, 0.25) is 0 Å². The van der Waals surface area contributed by atoms with E-state index >= 15 is 0 Å². The van der Waals surface area contributed by atoms with Gasteiger partial charge in [0, 0.05) is 0 Å². The van der Waals surface area contributed by atoms with Gasteiger partial charge >= 0.3 is 0 Å². The first kappa shape index (κ1) is 23.5. The van der Waals surface area contributed by atoms with E-state index in [1.54, 1.807) is 6.08 Å². The van der Waals surface area contributed by atoms with Gasteiger partial charge in [-0.3, -0.25) is 0 Å². The molecule has 0 N–H and O–H groups in total. The lowest BCUT2D eigenvalue weighted by molar-refractivity contribution is 1.14. The SMILES string of the molecule is C=C\C=C/C(=C/C(=C\C)CC)C(/C=C)=C\C.CC.CC. The van der Waals surface area contributed by atoms with Crippen LogP contribution < -0.4 is 0 Å². The van der Waals surface area contributed by atoms with Crippen molar-refractivity contribution in [3.63, 3.8) is 0 Å². The van der Waals surface area contributed by atoms with Crippen molar-refractivity contribution in [3.8, 4) is 0 Å². The van der Waals surface area contributed by atoms with E-state index in [-0.39, 0.29) is 0 Å². The fourth-order valence-corrected chi connectivity index (χ4v) is 1.39. The number of allylic oxidation sites excluding steroid dienone is 10. The fraction of sp³-hybridized carbons (Fsp3) is 0.400. The zero-order valence-corrected chi connectivity index (χ0v) is 14.7. The van der Waals surface area contributed by atoms with Crippen LogP contribution in [0.15, 0.2) is 72.4 Å². The van der Waals surface area contributed by atoms with Crippen LogP contribution >= 0.6 is 0 Å². The molecule has 0 bridgehead atoms. The van der Waals surface area contributed by atoms with Crippen LogP contribution in [0.5, 0.6) is 0 Å². The predicted molar refractivity (Wildman–Crippen MR) is 98.1 cm³/mol. The second-order valence-corrected chi connectivity index (χ2v) is 3.36. The van der Waals surface area contributed by atoms with Gasteiger partial charge in [-0.05, 0) is 31.4 Å². The van der Waals surface area contributed by atoms with Gasteiger partial charge in [0.1, 0.15) is 0 Å². The molecule has 0 aromatic carbocycles. The van der Waals surface area contributed by atoms with Crippen molar-refractivity contribution in [2.24, 2.45) is 0 Å². The highest BCUT2D eigenvalue weighted by atomic mass is 14.0. The van der Waals surface area contributed by atoms with Gasteiger partial charge in [0.05, 0.1) is 0 Å². The molecule has 0 fully saturated rings. The maximum atomic E-state index is 3.83. The van der Waals surface area contributed by atoms with Crippen LogP contribution in [-0.2, 0) is 0 Å². The molecule has 114 valence electrons. The second-order valence-electron chi connectivity index (χ2n) is 3.36. The Morgan fingerprint density at radius 2 is 1.45 bits per heavy atom. The minimum absolute atomic E-state index is 1.04. The molecule has 0 heterocycles. The Morgan fingerprint density at radius 1 is 0.900 bits per heavy atom. The Morgan fingerprint density at radius 3 is 1.75 bits per heavy atom. The van der Waals surface area contributed by atoms with Gasteiger partial charge < -0.3 is 0 Å². The van der Waals surface area contributed by atoms with Crippen LogP contribution in [0.1, 0.15) is 54.9 Å². The molecule has 0 saturated heterocycles. The summed E-state index contributed by atoms with van der Waals surface area (Å²) in [7, 11) is 0. The minimum Gasteiger partial charge on any atom is -0.0991 e. The second kappa shape index (κ2) is 19.8. The Labute approximate surface area is 128 Å². The van der Waals surface area contributed by atoms with Crippen molar-refractivity contribution in [2.45, 2.75) is 54.9 Å². The highest BCUT2D eigenvalue weighted by molar-refractivity contribution is 5.49. The first-order chi connectivity index (χ1) is 9.73. The minimum atomic E-state index is 1.04. The lowest BCUT2D eigenvalue weighted by Gasteiger charge is -2.04. The summed E-state index contributed by atoms with van der Waals surface area (Å²) >= 11 is 0. The monoisotopic (exact) mass is 274 g/mol. The van der Waals surface area contributed by atoms with E-state index in [4.69, 9.17) is 0 Å². The average Bonchev–Trinajstić information content (AvgIpc) is 2.54. The van der Waals surface area contributed by atoms with Crippen molar-refractivity contribution in [3.05, 3.63) is 72.4 Å².